The Kier molecular flexibility index (Phi) is 10.3. The van der Waals surface area contributed by atoms with Gasteiger partial charge in [0.15, 0.2) is 6.61 Å². The van der Waals surface area contributed by atoms with Gasteiger partial charge in [0.2, 0.25) is 0 Å². The molecule has 158 valence electrons. The van der Waals surface area contributed by atoms with E-state index < -0.39 is 30.6 Å². The van der Waals surface area contributed by atoms with Crippen LogP contribution in [0, 0.1) is 5.41 Å². The highest BCUT2D eigenvalue weighted by Crippen LogP contribution is 2.01. The van der Waals surface area contributed by atoms with Crippen molar-refractivity contribution < 1.29 is 29.1 Å². The molecule has 2 amide bonds. The highest BCUT2D eigenvalue weighted by Gasteiger charge is 2.21. The fourth-order valence-electron chi connectivity index (χ4n) is 1.90. The number of carboxylic acid groups (broad SMARTS) is 1. The second-order valence-corrected chi connectivity index (χ2v) is 5.87. The van der Waals surface area contributed by atoms with E-state index in [1.807, 2.05) is 6.92 Å². The van der Waals surface area contributed by atoms with Crippen molar-refractivity contribution >= 4 is 30.0 Å². The molecule has 1 aromatic rings. The van der Waals surface area contributed by atoms with Crippen LogP contribution >= 0.6 is 0 Å². The summed E-state index contributed by atoms with van der Waals surface area (Å²) in [6.45, 7) is 1.34. The van der Waals surface area contributed by atoms with Gasteiger partial charge < -0.3 is 31.0 Å². The van der Waals surface area contributed by atoms with E-state index in [0.717, 1.165) is 6.42 Å². The third-order valence-electron chi connectivity index (χ3n) is 3.52. The predicted molar refractivity (Wildman–Crippen MR) is 105 cm³/mol. The largest absolute Gasteiger partial charge is 0.480 e. The molecule has 1 unspecified atom stereocenters. The van der Waals surface area contributed by atoms with E-state index in [2.05, 4.69) is 15.8 Å². The lowest BCUT2D eigenvalue weighted by Gasteiger charge is -2.15. The minimum absolute atomic E-state index is 0.0511. The molecule has 0 aromatic heterocycles. The maximum Gasteiger partial charge on any atom is 0.407 e. The quantitative estimate of drug-likeness (QED) is 0.144. The molecule has 11 heteroatoms. The monoisotopic (exact) mass is 407 g/mol. The zero-order chi connectivity index (χ0) is 21.6. The van der Waals surface area contributed by atoms with Crippen molar-refractivity contribution in [3.63, 3.8) is 0 Å². The summed E-state index contributed by atoms with van der Waals surface area (Å²) in [7, 11) is 0. The second kappa shape index (κ2) is 12.7. The molecule has 11 nitrogen and oxygen atoms in total. The SMILES string of the molecule is CCCCOC(=O)NC(CNC(=O)CO/N=C/c1ccc(C(=N)N)cc1)C(=O)O. The number of unbranched alkanes of at least 4 members (excludes halogenated alkanes) is 1. The van der Waals surface area contributed by atoms with Gasteiger partial charge in [-0.1, -0.05) is 42.8 Å². The van der Waals surface area contributed by atoms with Crippen molar-refractivity contribution in [2.45, 2.75) is 25.8 Å². The molecule has 0 aliphatic carbocycles. The van der Waals surface area contributed by atoms with Crippen molar-refractivity contribution in [2.75, 3.05) is 19.8 Å². The molecule has 0 aliphatic rings. The highest BCUT2D eigenvalue weighted by atomic mass is 16.6. The van der Waals surface area contributed by atoms with Gasteiger partial charge in [-0.05, 0) is 12.0 Å². The number of aliphatic carboxylic acids is 1. The van der Waals surface area contributed by atoms with Crippen LogP contribution in [0.25, 0.3) is 0 Å². The van der Waals surface area contributed by atoms with E-state index in [-0.39, 0.29) is 19.0 Å². The predicted octanol–water partition coefficient (Wildman–Crippen LogP) is 0.417. The van der Waals surface area contributed by atoms with E-state index in [4.69, 9.17) is 25.8 Å². The number of nitrogen functional groups attached to an aromatic ring is 1. The molecule has 1 aromatic carbocycles. The molecule has 6 N–H and O–H groups in total. The number of carbonyl (C=O) groups excluding carboxylic acids is 2. The number of nitrogens with zero attached hydrogens (tertiary/aromatic N) is 1. The summed E-state index contributed by atoms with van der Waals surface area (Å²) in [4.78, 5) is 39.2. The third kappa shape index (κ3) is 9.75. The Bertz CT molecular complexity index is 735. The number of benzene rings is 1. The molecular weight excluding hydrogens is 382 g/mol. The second-order valence-electron chi connectivity index (χ2n) is 5.87. The Balaban J connectivity index is 2.35. The smallest absolute Gasteiger partial charge is 0.407 e. The zero-order valence-corrected chi connectivity index (χ0v) is 16.0. The first kappa shape index (κ1) is 23.4. The number of amidine groups is 1. The van der Waals surface area contributed by atoms with E-state index in [1.54, 1.807) is 24.3 Å². The summed E-state index contributed by atoms with van der Waals surface area (Å²) in [6, 6.07) is 5.29. The lowest BCUT2D eigenvalue weighted by atomic mass is 10.1. The Morgan fingerprint density at radius 2 is 2.00 bits per heavy atom. The number of ether oxygens (including phenoxy) is 1. The zero-order valence-electron chi connectivity index (χ0n) is 16.0. The Hall–Kier alpha value is -3.63. The highest BCUT2D eigenvalue weighted by molar-refractivity contribution is 5.95. The number of alkyl carbamates (subject to hydrolysis) is 1. The molecule has 0 radical (unpaired) electrons. The van der Waals surface area contributed by atoms with Crippen molar-refractivity contribution in [2.24, 2.45) is 10.9 Å². The Labute approximate surface area is 167 Å². The number of hydrogen-bond donors (Lipinski definition) is 5. The van der Waals surface area contributed by atoms with Gasteiger partial charge in [0, 0.05) is 12.1 Å². The number of carboxylic acids is 1. The molecule has 29 heavy (non-hydrogen) atoms. The van der Waals surface area contributed by atoms with Gasteiger partial charge in [-0.3, -0.25) is 10.2 Å². The van der Waals surface area contributed by atoms with Crippen LogP contribution in [0.1, 0.15) is 30.9 Å². The minimum Gasteiger partial charge on any atom is -0.480 e. The van der Waals surface area contributed by atoms with Gasteiger partial charge in [-0.2, -0.15) is 0 Å². The summed E-state index contributed by atoms with van der Waals surface area (Å²) in [5.41, 5.74) is 6.60. The lowest BCUT2D eigenvalue weighted by Crippen LogP contribution is -2.49. The van der Waals surface area contributed by atoms with E-state index in [0.29, 0.717) is 17.5 Å². The average Bonchev–Trinajstić information content (AvgIpc) is 2.68. The maximum absolute atomic E-state index is 11.7. The molecule has 0 saturated heterocycles. The summed E-state index contributed by atoms with van der Waals surface area (Å²) in [6.07, 6.45) is 2.00. The van der Waals surface area contributed by atoms with Crippen LogP contribution in [0.5, 0.6) is 0 Å². The fraction of sp³-hybridized carbons (Fsp3) is 0.389. The van der Waals surface area contributed by atoms with Gasteiger partial charge in [0.25, 0.3) is 5.91 Å². The van der Waals surface area contributed by atoms with Gasteiger partial charge in [-0.25, -0.2) is 9.59 Å². The van der Waals surface area contributed by atoms with Gasteiger partial charge in [-0.15, -0.1) is 0 Å². The minimum atomic E-state index is -1.34. The van der Waals surface area contributed by atoms with Gasteiger partial charge in [0.05, 0.1) is 12.8 Å². The summed E-state index contributed by atoms with van der Waals surface area (Å²) >= 11 is 0. The fourth-order valence-corrected chi connectivity index (χ4v) is 1.90. The molecule has 0 fully saturated rings. The number of rotatable bonds is 12. The van der Waals surface area contributed by atoms with Crippen molar-refractivity contribution in [1.29, 1.82) is 5.41 Å². The summed E-state index contributed by atoms with van der Waals surface area (Å²) in [5.74, 6) is -1.98. The molecule has 0 spiro atoms. The van der Waals surface area contributed by atoms with Crippen molar-refractivity contribution in [3.8, 4) is 0 Å². The maximum atomic E-state index is 11.7. The van der Waals surface area contributed by atoms with Crippen LogP contribution in [-0.2, 0) is 19.2 Å². The summed E-state index contributed by atoms with van der Waals surface area (Å²) in [5, 5.41) is 24.5. The van der Waals surface area contributed by atoms with Gasteiger partial charge in [0.1, 0.15) is 11.9 Å². The van der Waals surface area contributed by atoms with Crippen LogP contribution < -0.4 is 16.4 Å². The molecule has 0 heterocycles. The van der Waals surface area contributed by atoms with E-state index in [1.165, 1.54) is 6.21 Å². The number of carbonyl (C=O) groups is 3. The molecular formula is C18H25N5O6. The van der Waals surface area contributed by atoms with Crippen molar-refractivity contribution in [3.05, 3.63) is 35.4 Å². The molecule has 1 rings (SSSR count). The normalized spacial score (nSPS) is 11.5. The number of hydrogen-bond acceptors (Lipinski definition) is 7. The number of nitrogens with one attached hydrogen (secondary N) is 3. The number of oxime groups is 1. The first-order valence-electron chi connectivity index (χ1n) is 8.86. The van der Waals surface area contributed by atoms with Crippen LogP contribution in [-0.4, -0.2) is 60.9 Å². The van der Waals surface area contributed by atoms with Crippen LogP contribution in [0.15, 0.2) is 29.4 Å². The standard InChI is InChI=1S/C18H25N5O6/c1-2-3-8-28-18(27)23-14(17(25)26)10-21-15(24)11-29-22-9-12-4-6-13(7-5-12)16(19)20/h4-7,9,14H,2-3,8,10-11H2,1H3,(H3,19,20)(H,21,24)(H,23,27)(H,25,26)/b22-9+. The first-order chi connectivity index (χ1) is 13.8. The van der Waals surface area contributed by atoms with Crippen LogP contribution in [0.2, 0.25) is 0 Å². The molecule has 0 saturated carbocycles. The van der Waals surface area contributed by atoms with Gasteiger partial charge >= 0.3 is 12.1 Å². The number of nitrogens with two attached hydrogens (primary N) is 1. The molecule has 0 bridgehead atoms. The Morgan fingerprint density at radius 1 is 1.31 bits per heavy atom. The number of amides is 2. The molecule has 0 aliphatic heterocycles. The Morgan fingerprint density at radius 3 is 2.59 bits per heavy atom. The molecule has 1 atom stereocenters. The summed E-state index contributed by atoms with van der Waals surface area (Å²) < 4.78 is 4.82. The first-order valence-corrected chi connectivity index (χ1v) is 8.86. The third-order valence-corrected chi connectivity index (χ3v) is 3.52. The average molecular weight is 407 g/mol. The van der Waals surface area contributed by atoms with E-state index >= 15 is 0 Å². The lowest BCUT2D eigenvalue weighted by molar-refractivity contribution is -0.139. The van der Waals surface area contributed by atoms with Crippen LogP contribution in [0.3, 0.4) is 0 Å². The topological polar surface area (TPSA) is 176 Å². The van der Waals surface area contributed by atoms with Crippen molar-refractivity contribution in [1.82, 2.24) is 10.6 Å². The van der Waals surface area contributed by atoms with E-state index in [9.17, 15) is 14.4 Å². The van der Waals surface area contributed by atoms with Crippen LogP contribution in [0.4, 0.5) is 4.79 Å².